The van der Waals surface area contributed by atoms with E-state index in [0.29, 0.717) is 0 Å². The van der Waals surface area contributed by atoms with Gasteiger partial charge >= 0.3 is 0 Å². The fourth-order valence-electron chi connectivity index (χ4n) is 1.95. The van der Waals surface area contributed by atoms with Crippen LogP contribution in [0.15, 0.2) is 22.8 Å². The highest BCUT2D eigenvalue weighted by molar-refractivity contribution is 5.58. The number of ether oxygens (including phenoxy) is 1. The van der Waals surface area contributed by atoms with E-state index in [9.17, 15) is 4.79 Å². The van der Waals surface area contributed by atoms with E-state index in [4.69, 9.17) is 9.15 Å². The molecular formula is C11H15NO3. The van der Waals surface area contributed by atoms with E-state index >= 15 is 0 Å². The topological polar surface area (TPSA) is 42.7 Å². The number of carbonyl (C=O) groups excluding carboxylic acids is 1. The van der Waals surface area contributed by atoms with Gasteiger partial charge < -0.3 is 13.9 Å². The summed E-state index contributed by atoms with van der Waals surface area (Å²) in [4.78, 5) is 13.0. The predicted octanol–water partition coefficient (Wildman–Crippen LogP) is 1.59. The van der Waals surface area contributed by atoms with Crippen LogP contribution in [0.4, 0.5) is 0 Å². The molecule has 4 nitrogen and oxygen atoms in total. The average molecular weight is 209 g/mol. The summed E-state index contributed by atoms with van der Waals surface area (Å²) in [6.07, 6.45) is 1.98. The molecule has 0 aromatic carbocycles. The van der Waals surface area contributed by atoms with Gasteiger partial charge in [0.25, 0.3) is 0 Å². The minimum Gasteiger partial charge on any atom is -0.468 e. The largest absolute Gasteiger partial charge is 0.468 e. The highest BCUT2D eigenvalue weighted by Gasteiger charge is 2.46. The molecule has 0 bridgehead atoms. The molecule has 0 aliphatic carbocycles. The number of nitrogens with zero attached hydrogens (tertiary/aromatic N) is 1. The van der Waals surface area contributed by atoms with E-state index in [1.807, 2.05) is 37.9 Å². The SMILES string of the molecule is CN1[C@@H](c2ccco2)C(C=O)OC1(C)C. The number of aldehydes is 1. The Bertz CT molecular complexity index is 345. The first-order chi connectivity index (χ1) is 7.06. The van der Waals surface area contributed by atoms with E-state index in [-0.39, 0.29) is 6.04 Å². The Labute approximate surface area is 88.8 Å². The van der Waals surface area contributed by atoms with Crippen LogP contribution in [0.25, 0.3) is 0 Å². The van der Waals surface area contributed by atoms with Crippen LogP contribution in [-0.2, 0) is 9.53 Å². The molecule has 2 rings (SSSR count). The second-order valence-corrected chi connectivity index (χ2v) is 4.24. The van der Waals surface area contributed by atoms with Crippen molar-refractivity contribution in [2.45, 2.75) is 31.7 Å². The summed E-state index contributed by atoms with van der Waals surface area (Å²) in [6, 6.07) is 3.55. The summed E-state index contributed by atoms with van der Waals surface area (Å²) in [5.74, 6) is 0.764. The number of rotatable bonds is 2. The van der Waals surface area contributed by atoms with Gasteiger partial charge in [-0.3, -0.25) is 4.90 Å². The molecule has 1 aromatic heterocycles. The molecule has 0 saturated carbocycles. The number of carbonyl (C=O) groups is 1. The molecular weight excluding hydrogens is 194 g/mol. The van der Waals surface area contributed by atoms with Crippen molar-refractivity contribution in [2.24, 2.45) is 0 Å². The molecule has 0 N–H and O–H groups in total. The maximum Gasteiger partial charge on any atom is 0.150 e. The zero-order valence-corrected chi connectivity index (χ0v) is 9.14. The zero-order valence-electron chi connectivity index (χ0n) is 9.14. The molecule has 0 radical (unpaired) electrons. The standard InChI is InChI=1S/C11H15NO3/c1-11(2)12(3)10(9(7-13)15-11)8-5-4-6-14-8/h4-7,9-10H,1-3H3/t9?,10-/m0/s1. The van der Waals surface area contributed by atoms with E-state index in [0.717, 1.165) is 12.0 Å². The average Bonchev–Trinajstić information content (AvgIpc) is 2.75. The van der Waals surface area contributed by atoms with Gasteiger partial charge in [-0.2, -0.15) is 0 Å². The summed E-state index contributed by atoms with van der Waals surface area (Å²) in [7, 11) is 1.93. The maximum atomic E-state index is 11.0. The monoisotopic (exact) mass is 209 g/mol. The Morgan fingerprint density at radius 2 is 2.27 bits per heavy atom. The molecule has 0 spiro atoms. The zero-order chi connectivity index (χ0) is 11.1. The number of furan rings is 1. The van der Waals surface area contributed by atoms with Crippen LogP contribution in [-0.4, -0.2) is 30.1 Å². The van der Waals surface area contributed by atoms with Gasteiger partial charge in [0.05, 0.1) is 6.26 Å². The van der Waals surface area contributed by atoms with Crippen molar-refractivity contribution in [2.75, 3.05) is 7.05 Å². The highest BCUT2D eigenvalue weighted by Crippen LogP contribution is 2.39. The Hall–Kier alpha value is -1.13. The van der Waals surface area contributed by atoms with Crippen LogP contribution in [0.2, 0.25) is 0 Å². The van der Waals surface area contributed by atoms with Crippen molar-refractivity contribution in [3.8, 4) is 0 Å². The molecule has 82 valence electrons. The molecule has 1 unspecified atom stereocenters. The molecule has 1 fully saturated rings. The van der Waals surface area contributed by atoms with E-state index in [1.165, 1.54) is 0 Å². The van der Waals surface area contributed by atoms with Gasteiger partial charge in [-0.25, -0.2) is 0 Å². The lowest BCUT2D eigenvalue weighted by atomic mass is 10.1. The van der Waals surface area contributed by atoms with Crippen LogP contribution in [0.1, 0.15) is 25.6 Å². The van der Waals surface area contributed by atoms with Crippen LogP contribution in [0, 0.1) is 0 Å². The summed E-state index contributed by atoms with van der Waals surface area (Å²) in [5, 5.41) is 0. The van der Waals surface area contributed by atoms with Crippen molar-refractivity contribution in [3.05, 3.63) is 24.2 Å². The smallest absolute Gasteiger partial charge is 0.150 e. The molecule has 1 aromatic rings. The maximum absolute atomic E-state index is 11.0. The van der Waals surface area contributed by atoms with Gasteiger partial charge in [-0.1, -0.05) is 0 Å². The first-order valence-electron chi connectivity index (χ1n) is 4.96. The van der Waals surface area contributed by atoms with Crippen molar-refractivity contribution >= 4 is 6.29 Å². The van der Waals surface area contributed by atoms with Gasteiger partial charge in [0.15, 0.2) is 6.29 Å². The molecule has 2 heterocycles. The summed E-state index contributed by atoms with van der Waals surface area (Å²) in [6.45, 7) is 3.87. The van der Waals surface area contributed by atoms with Crippen molar-refractivity contribution in [1.29, 1.82) is 0 Å². The minimum atomic E-state index is -0.462. The molecule has 1 aliphatic rings. The van der Waals surface area contributed by atoms with Gasteiger partial charge in [0.1, 0.15) is 23.6 Å². The molecule has 2 atom stereocenters. The molecule has 1 saturated heterocycles. The fraction of sp³-hybridized carbons (Fsp3) is 0.545. The minimum absolute atomic E-state index is 0.132. The molecule has 0 amide bonds. The summed E-state index contributed by atoms with van der Waals surface area (Å²) >= 11 is 0. The fourth-order valence-corrected chi connectivity index (χ4v) is 1.95. The Morgan fingerprint density at radius 3 is 2.80 bits per heavy atom. The lowest BCUT2D eigenvalue weighted by molar-refractivity contribution is -0.123. The van der Waals surface area contributed by atoms with Gasteiger partial charge in [0.2, 0.25) is 0 Å². The summed E-state index contributed by atoms with van der Waals surface area (Å²) in [5.41, 5.74) is -0.441. The van der Waals surface area contributed by atoms with Crippen molar-refractivity contribution in [3.63, 3.8) is 0 Å². The Kier molecular flexibility index (Phi) is 2.40. The second kappa shape index (κ2) is 3.47. The van der Waals surface area contributed by atoms with E-state index in [2.05, 4.69) is 0 Å². The second-order valence-electron chi connectivity index (χ2n) is 4.24. The third-order valence-corrected chi connectivity index (χ3v) is 2.97. The van der Waals surface area contributed by atoms with Gasteiger partial charge in [0, 0.05) is 0 Å². The van der Waals surface area contributed by atoms with Crippen LogP contribution in [0.5, 0.6) is 0 Å². The lowest BCUT2D eigenvalue weighted by Gasteiger charge is -2.28. The van der Waals surface area contributed by atoms with Crippen LogP contribution < -0.4 is 0 Å². The van der Waals surface area contributed by atoms with E-state index in [1.54, 1.807) is 6.26 Å². The van der Waals surface area contributed by atoms with Gasteiger partial charge in [-0.05, 0) is 33.0 Å². The molecule has 15 heavy (non-hydrogen) atoms. The number of hydrogen-bond acceptors (Lipinski definition) is 4. The summed E-state index contributed by atoms with van der Waals surface area (Å²) < 4.78 is 11.0. The lowest BCUT2D eigenvalue weighted by Crippen LogP contribution is -2.37. The number of likely N-dealkylation sites (N-methyl/N-ethyl adjacent to an activating group) is 1. The third kappa shape index (κ3) is 1.60. The molecule has 4 heteroatoms. The normalized spacial score (nSPS) is 30.6. The quantitative estimate of drug-likeness (QED) is 0.694. The van der Waals surface area contributed by atoms with E-state index < -0.39 is 11.8 Å². The number of hydrogen-bond donors (Lipinski definition) is 0. The Balaban J connectivity index is 2.33. The Morgan fingerprint density at radius 1 is 1.53 bits per heavy atom. The van der Waals surface area contributed by atoms with Crippen molar-refractivity contribution in [1.82, 2.24) is 4.90 Å². The predicted molar refractivity (Wildman–Crippen MR) is 54.2 cm³/mol. The third-order valence-electron chi connectivity index (χ3n) is 2.97. The van der Waals surface area contributed by atoms with Crippen molar-refractivity contribution < 1.29 is 13.9 Å². The first-order valence-corrected chi connectivity index (χ1v) is 4.96. The first kappa shape index (κ1) is 10.4. The van der Waals surface area contributed by atoms with Crippen LogP contribution in [0.3, 0.4) is 0 Å². The van der Waals surface area contributed by atoms with Gasteiger partial charge in [-0.15, -0.1) is 0 Å². The van der Waals surface area contributed by atoms with Crippen LogP contribution >= 0.6 is 0 Å². The molecule has 1 aliphatic heterocycles. The highest BCUT2D eigenvalue weighted by atomic mass is 16.5.